The fraction of sp³-hybridized carbons (Fsp3) is 0.821. The Bertz CT molecular complexity index is 863. The molecular weight excluding hydrogens is 396 g/mol. The summed E-state index contributed by atoms with van der Waals surface area (Å²) in [6.45, 7) is 11.7. The third-order valence-electron chi connectivity index (χ3n) is 11.0. The van der Waals surface area contributed by atoms with E-state index >= 15 is 0 Å². The van der Waals surface area contributed by atoms with Crippen LogP contribution in [0.15, 0.2) is 23.3 Å². The molecule has 1 amide bonds. The van der Waals surface area contributed by atoms with E-state index in [1.807, 2.05) is 6.08 Å². The highest BCUT2D eigenvalue weighted by Crippen LogP contribution is 2.63. The van der Waals surface area contributed by atoms with E-state index in [4.69, 9.17) is 4.74 Å². The fourth-order valence-corrected chi connectivity index (χ4v) is 9.16. The third-order valence-corrected chi connectivity index (χ3v) is 11.0. The van der Waals surface area contributed by atoms with E-state index in [9.17, 15) is 4.79 Å². The van der Waals surface area contributed by atoms with Gasteiger partial charge in [-0.25, -0.2) is 0 Å². The summed E-state index contributed by atoms with van der Waals surface area (Å²) in [5.74, 6) is 4.15. The van der Waals surface area contributed by atoms with Gasteiger partial charge in [-0.15, -0.1) is 0 Å². The fourth-order valence-electron chi connectivity index (χ4n) is 9.16. The van der Waals surface area contributed by atoms with Gasteiger partial charge in [0.25, 0.3) is 0 Å². The summed E-state index contributed by atoms with van der Waals surface area (Å²) in [7, 11) is 0. The van der Waals surface area contributed by atoms with E-state index in [0.717, 1.165) is 31.3 Å². The maximum Gasteiger partial charge on any atom is 0.243 e. The normalized spacial score (nSPS) is 52.6. The van der Waals surface area contributed by atoms with Crippen molar-refractivity contribution < 1.29 is 9.53 Å². The van der Waals surface area contributed by atoms with Crippen LogP contribution in [0, 0.1) is 40.9 Å². The van der Waals surface area contributed by atoms with Gasteiger partial charge in [-0.2, -0.15) is 0 Å². The zero-order valence-electron chi connectivity index (χ0n) is 20.5. The van der Waals surface area contributed by atoms with Crippen LogP contribution in [0.1, 0.15) is 72.6 Å². The van der Waals surface area contributed by atoms with Crippen LogP contribution in [0.3, 0.4) is 0 Å². The first-order valence-corrected chi connectivity index (χ1v) is 13.4. The molecule has 3 heterocycles. The summed E-state index contributed by atoms with van der Waals surface area (Å²) in [5, 5.41) is 6.98. The zero-order chi connectivity index (χ0) is 22.3. The molecule has 2 saturated heterocycles. The van der Waals surface area contributed by atoms with Crippen molar-refractivity contribution in [1.29, 1.82) is 0 Å². The summed E-state index contributed by atoms with van der Waals surface area (Å²) in [6, 6.07) is 0.533. The Morgan fingerprint density at radius 1 is 1.16 bits per heavy atom. The summed E-state index contributed by atoms with van der Waals surface area (Å²) in [6.07, 6.45) is 13.2. The van der Waals surface area contributed by atoms with Crippen molar-refractivity contribution in [1.82, 2.24) is 10.6 Å². The molecule has 4 fully saturated rings. The topological polar surface area (TPSA) is 50.4 Å². The first-order valence-electron chi connectivity index (χ1n) is 13.4. The van der Waals surface area contributed by atoms with E-state index in [2.05, 4.69) is 44.4 Å². The van der Waals surface area contributed by atoms with Crippen LogP contribution in [0.2, 0.25) is 0 Å². The molecule has 0 aromatic rings. The Labute approximate surface area is 194 Å². The van der Waals surface area contributed by atoms with E-state index in [0.29, 0.717) is 35.8 Å². The van der Waals surface area contributed by atoms with Gasteiger partial charge in [-0.3, -0.25) is 4.79 Å². The highest BCUT2D eigenvalue weighted by molar-refractivity contribution is 5.87. The number of hydrogen-bond acceptors (Lipinski definition) is 3. The Morgan fingerprint density at radius 3 is 2.84 bits per heavy atom. The van der Waals surface area contributed by atoms with Crippen molar-refractivity contribution in [2.24, 2.45) is 40.9 Å². The number of hydrogen-bond donors (Lipinski definition) is 2. The minimum absolute atomic E-state index is 0.0307. The summed E-state index contributed by atoms with van der Waals surface area (Å²) < 4.78 is 7.01. The quantitative estimate of drug-likeness (QED) is 0.543. The second-order valence-corrected chi connectivity index (χ2v) is 12.6. The van der Waals surface area contributed by atoms with Gasteiger partial charge < -0.3 is 15.4 Å². The number of carbonyl (C=O) groups is 1. The molecule has 6 aliphatic rings. The highest BCUT2D eigenvalue weighted by atomic mass is 16.5. The minimum Gasteiger partial charge on any atom is -0.369 e. The largest absolute Gasteiger partial charge is 0.369 e. The summed E-state index contributed by atoms with van der Waals surface area (Å²) >= 11 is 0. The lowest BCUT2D eigenvalue weighted by molar-refractivity contribution is -0.116. The average Bonchev–Trinajstić information content (AvgIpc) is 3.15. The predicted octanol–water partition coefficient (Wildman–Crippen LogP) is 4.61. The average molecular weight is 439 g/mol. The predicted molar refractivity (Wildman–Crippen MR) is 127 cm³/mol. The molecule has 0 aromatic heterocycles. The molecular formula is C28H42N2O2. The minimum atomic E-state index is 0.0307. The molecule has 1 spiro atoms. The van der Waals surface area contributed by atoms with Gasteiger partial charge in [0.1, 0.15) is 0 Å². The molecule has 0 aromatic carbocycles. The van der Waals surface area contributed by atoms with Gasteiger partial charge in [0, 0.05) is 18.5 Å². The molecule has 2 N–H and O–H groups in total. The van der Waals surface area contributed by atoms with Gasteiger partial charge in [-0.05, 0) is 99.5 Å². The molecule has 4 heteroatoms. The Morgan fingerprint density at radius 2 is 2.00 bits per heavy atom. The Kier molecular flexibility index (Phi) is 4.97. The molecule has 3 aliphatic heterocycles. The lowest BCUT2D eigenvalue weighted by Crippen LogP contribution is -2.48. The number of amides is 1. The SMILES string of the molecule is CC1=C2C[C@H]3[C@@H](CC[C@@H]4CNC(=O)C=C[C@@]43C)[C@@H]2CC[C@@]2(C1)O[C@@H]1C[C@H](C)CN[C@H]1[C@H]2C. The smallest absolute Gasteiger partial charge is 0.243 e. The van der Waals surface area contributed by atoms with Gasteiger partial charge in [0.15, 0.2) is 0 Å². The molecule has 3 aliphatic carbocycles. The highest BCUT2D eigenvalue weighted by Gasteiger charge is 2.58. The van der Waals surface area contributed by atoms with Gasteiger partial charge in [-0.1, -0.05) is 38.0 Å². The standard InChI is InChI=1S/C28H42N2O2/c1-16-11-24-26(30-14-16)18(3)28(32-24)10-7-20-21-6-5-19-15-29-25(31)8-9-27(19,4)23(21)12-22(20)17(2)13-28/h8-9,16,18-21,23-24,26,30H,5-7,10-15H2,1-4H3,(H,29,31)/t16-,18+,19+,20-,21-,23-,24+,26-,27-,28-/m0/s1. The monoisotopic (exact) mass is 438 g/mol. The van der Waals surface area contributed by atoms with Crippen molar-refractivity contribution in [3.05, 3.63) is 23.3 Å². The molecule has 0 bridgehead atoms. The first-order chi connectivity index (χ1) is 15.3. The van der Waals surface area contributed by atoms with Gasteiger partial charge >= 0.3 is 0 Å². The van der Waals surface area contributed by atoms with E-state index in [1.165, 1.54) is 38.5 Å². The number of allylic oxidation sites excluding steroid dienone is 2. The third kappa shape index (κ3) is 3.04. The van der Waals surface area contributed by atoms with Gasteiger partial charge in [0.2, 0.25) is 5.91 Å². The maximum absolute atomic E-state index is 12.1. The molecule has 32 heavy (non-hydrogen) atoms. The summed E-state index contributed by atoms with van der Waals surface area (Å²) in [4.78, 5) is 12.1. The van der Waals surface area contributed by atoms with Crippen molar-refractivity contribution in [3.8, 4) is 0 Å². The second-order valence-electron chi connectivity index (χ2n) is 12.6. The zero-order valence-corrected chi connectivity index (χ0v) is 20.5. The molecule has 0 radical (unpaired) electrons. The van der Waals surface area contributed by atoms with Crippen LogP contribution < -0.4 is 10.6 Å². The van der Waals surface area contributed by atoms with Crippen LogP contribution >= 0.6 is 0 Å². The first kappa shape index (κ1) is 21.4. The number of rotatable bonds is 0. The van der Waals surface area contributed by atoms with Crippen LogP contribution in [-0.2, 0) is 9.53 Å². The maximum atomic E-state index is 12.1. The van der Waals surface area contributed by atoms with Crippen molar-refractivity contribution >= 4 is 5.91 Å². The van der Waals surface area contributed by atoms with Crippen LogP contribution in [-0.4, -0.2) is 36.7 Å². The van der Waals surface area contributed by atoms with Crippen molar-refractivity contribution in [2.45, 2.75) is 90.4 Å². The number of fused-ring (bicyclic) bond motifs is 6. The number of ether oxygens (including phenoxy) is 1. The summed E-state index contributed by atoms with van der Waals surface area (Å²) in [5.41, 5.74) is 3.57. The number of carbonyl (C=O) groups excluding carboxylic acids is 1. The van der Waals surface area contributed by atoms with Gasteiger partial charge in [0.05, 0.1) is 11.7 Å². The van der Waals surface area contributed by atoms with Crippen molar-refractivity contribution in [3.63, 3.8) is 0 Å². The molecule has 6 rings (SSSR count). The van der Waals surface area contributed by atoms with Crippen molar-refractivity contribution in [2.75, 3.05) is 13.1 Å². The van der Waals surface area contributed by atoms with Crippen LogP contribution in [0.25, 0.3) is 0 Å². The lowest BCUT2D eigenvalue weighted by Gasteiger charge is -2.48. The molecule has 2 saturated carbocycles. The Balaban J connectivity index is 1.30. The molecule has 0 unspecified atom stereocenters. The molecule has 4 nitrogen and oxygen atoms in total. The number of nitrogens with one attached hydrogen (secondary N) is 2. The molecule has 176 valence electrons. The number of piperidine rings is 1. The molecule has 10 atom stereocenters. The van der Waals surface area contributed by atoms with E-state index in [1.54, 1.807) is 11.1 Å². The van der Waals surface area contributed by atoms with E-state index < -0.39 is 0 Å². The second kappa shape index (κ2) is 7.43. The Hall–Kier alpha value is -1.13. The van der Waals surface area contributed by atoms with Crippen LogP contribution in [0.5, 0.6) is 0 Å². The lowest BCUT2D eigenvalue weighted by atomic mass is 9.57. The van der Waals surface area contributed by atoms with Crippen LogP contribution in [0.4, 0.5) is 0 Å². The van der Waals surface area contributed by atoms with E-state index in [-0.39, 0.29) is 16.9 Å².